The molecular weight excluding hydrogens is 277 g/mol. The minimum Gasteiger partial charge on any atom is -0.496 e. The summed E-state index contributed by atoms with van der Waals surface area (Å²) in [6.07, 6.45) is -8.88. The first-order valence-corrected chi connectivity index (χ1v) is 4.81. The maximum absolute atomic E-state index is 12.6. The van der Waals surface area contributed by atoms with Crippen molar-refractivity contribution < 1.29 is 36.6 Å². The normalized spacial score (nSPS) is 11.7. The fourth-order valence-corrected chi connectivity index (χ4v) is 1.51. The average Bonchev–Trinajstić information content (AvgIpc) is 2.25. The van der Waals surface area contributed by atoms with Crippen LogP contribution in [-0.2, 0) is 17.4 Å². The molecule has 19 heavy (non-hydrogen) atoms. The quantitative estimate of drug-likeness (QED) is 0.864. The van der Waals surface area contributed by atoms with Crippen LogP contribution in [0.5, 0.6) is 5.75 Å². The highest BCUT2D eigenvalue weighted by Crippen LogP contribution is 2.39. The van der Waals surface area contributed by atoms with Crippen LogP contribution in [0.3, 0.4) is 0 Å². The van der Waals surface area contributed by atoms with E-state index in [-0.39, 0.29) is 0 Å². The van der Waals surface area contributed by atoms with Gasteiger partial charge in [-0.3, -0.25) is 9.78 Å². The van der Waals surface area contributed by atoms with Gasteiger partial charge in [-0.1, -0.05) is 0 Å². The van der Waals surface area contributed by atoms with E-state index in [9.17, 15) is 26.7 Å². The molecule has 1 heterocycles. The minimum absolute atomic E-state index is 0.331. The number of pyridine rings is 1. The Labute approximate surface area is 103 Å². The first kappa shape index (κ1) is 15.1. The van der Waals surface area contributed by atoms with Gasteiger partial charge in [0.1, 0.15) is 5.75 Å². The third-order valence-corrected chi connectivity index (χ3v) is 2.19. The van der Waals surface area contributed by atoms with Gasteiger partial charge >= 0.3 is 12.1 Å². The third-order valence-electron chi connectivity index (χ3n) is 2.19. The predicted octanol–water partition coefficient (Wildman–Crippen LogP) is 2.67. The van der Waals surface area contributed by atoms with E-state index in [0.717, 1.165) is 7.11 Å². The first-order chi connectivity index (χ1) is 8.68. The van der Waals surface area contributed by atoms with Gasteiger partial charge in [-0.05, 0) is 0 Å². The number of hydrogen-bond donors (Lipinski definition) is 1. The summed E-state index contributed by atoms with van der Waals surface area (Å²) >= 11 is 0. The molecule has 0 radical (unpaired) electrons. The maximum atomic E-state index is 12.6. The van der Waals surface area contributed by atoms with E-state index in [1.807, 2.05) is 0 Å². The molecule has 0 saturated heterocycles. The monoisotopic (exact) mass is 285 g/mol. The fraction of sp³-hybridized carbons (Fsp3) is 0.400. The lowest BCUT2D eigenvalue weighted by atomic mass is 10.0. The summed E-state index contributed by atoms with van der Waals surface area (Å²) in [6.45, 7) is 0. The summed E-state index contributed by atoms with van der Waals surface area (Å²) < 4.78 is 67.7. The van der Waals surface area contributed by atoms with Crippen molar-refractivity contribution in [2.75, 3.05) is 7.11 Å². The van der Waals surface area contributed by atoms with Gasteiger partial charge in [0.25, 0.3) is 6.43 Å². The van der Waals surface area contributed by atoms with Gasteiger partial charge < -0.3 is 9.84 Å². The topological polar surface area (TPSA) is 59.4 Å². The molecule has 4 nitrogen and oxygen atoms in total. The van der Waals surface area contributed by atoms with Crippen LogP contribution in [0.15, 0.2) is 6.20 Å². The summed E-state index contributed by atoms with van der Waals surface area (Å²) in [5.74, 6) is -2.42. The molecule has 0 spiro atoms. The maximum Gasteiger partial charge on any atom is 0.433 e. The number of carbonyl (C=O) groups is 1. The highest BCUT2D eigenvalue weighted by molar-refractivity contribution is 5.72. The number of nitrogens with zero attached hydrogens (tertiary/aromatic N) is 1. The number of rotatable bonds is 4. The molecule has 0 saturated carbocycles. The molecule has 106 valence electrons. The third kappa shape index (κ3) is 3.30. The van der Waals surface area contributed by atoms with Gasteiger partial charge in [-0.2, -0.15) is 13.2 Å². The van der Waals surface area contributed by atoms with Gasteiger partial charge in [0, 0.05) is 11.8 Å². The van der Waals surface area contributed by atoms with Gasteiger partial charge in [0.15, 0.2) is 5.69 Å². The van der Waals surface area contributed by atoms with Gasteiger partial charge in [-0.15, -0.1) is 0 Å². The lowest BCUT2D eigenvalue weighted by molar-refractivity contribution is -0.142. The molecule has 9 heteroatoms. The van der Waals surface area contributed by atoms with Gasteiger partial charge in [0.2, 0.25) is 0 Å². The Kier molecular flexibility index (Phi) is 4.28. The van der Waals surface area contributed by atoms with Crippen LogP contribution >= 0.6 is 0 Å². The van der Waals surface area contributed by atoms with Crippen molar-refractivity contribution in [2.24, 2.45) is 0 Å². The van der Waals surface area contributed by atoms with E-state index in [4.69, 9.17) is 5.11 Å². The molecule has 0 aromatic carbocycles. The second kappa shape index (κ2) is 5.37. The van der Waals surface area contributed by atoms with E-state index < -0.39 is 47.6 Å². The average molecular weight is 285 g/mol. The Bertz CT molecular complexity index is 487. The summed E-state index contributed by atoms with van der Waals surface area (Å²) in [5, 5.41) is 8.57. The van der Waals surface area contributed by atoms with Gasteiger partial charge in [0.05, 0.1) is 19.1 Å². The number of aromatic nitrogens is 1. The van der Waals surface area contributed by atoms with Crippen LogP contribution in [0.25, 0.3) is 0 Å². The number of hydrogen-bond acceptors (Lipinski definition) is 3. The molecule has 0 aliphatic heterocycles. The van der Waals surface area contributed by atoms with Crippen molar-refractivity contribution in [1.82, 2.24) is 4.98 Å². The van der Waals surface area contributed by atoms with Crippen LogP contribution < -0.4 is 4.74 Å². The van der Waals surface area contributed by atoms with E-state index in [0.29, 0.717) is 6.20 Å². The zero-order valence-corrected chi connectivity index (χ0v) is 9.46. The number of halogens is 5. The summed E-state index contributed by atoms with van der Waals surface area (Å²) in [5.41, 5.74) is -3.34. The lowest BCUT2D eigenvalue weighted by Gasteiger charge is -2.16. The number of alkyl halides is 5. The van der Waals surface area contributed by atoms with E-state index >= 15 is 0 Å². The highest BCUT2D eigenvalue weighted by atomic mass is 19.4. The largest absolute Gasteiger partial charge is 0.496 e. The molecule has 1 N–H and O–H groups in total. The molecule has 0 fully saturated rings. The number of carboxylic acid groups (broad SMARTS) is 1. The van der Waals surface area contributed by atoms with Crippen LogP contribution in [0, 0.1) is 0 Å². The molecule has 1 aromatic heterocycles. The highest BCUT2D eigenvalue weighted by Gasteiger charge is 2.38. The van der Waals surface area contributed by atoms with Crippen LogP contribution in [0.1, 0.15) is 23.2 Å². The second-order valence-electron chi connectivity index (χ2n) is 3.44. The van der Waals surface area contributed by atoms with Crippen molar-refractivity contribution in [3.63, 3.8) is 0 Å². The van der Waals surface area contributed by atoms with Crippen molar-refractivity contribution in [1.29, 1.82) is 0 Å². The predicted molar refractivity (Wildman–Crippen MR) is 52.1 cm³/mol. The Morgan fingerprint density at radius 2 is 2.05 bits per heavy atom. The standard InChI is InChI=1S/C10H8F5NO3/c1-19-7-4(2-6(17)18)8(10(13,14)15)16-3-5(7)9(11)12/h3,9H,2H2,1H3,(H,17,18). The number of aliphatic carboxylic acids is 1. The first-order valence-electron chi connectivity index (χ1n) is 4.81. The number of ether oxygens (including phenoxy) is 1. The van der Waals surface area contributed by atoms with E-state index in [2.05, 4.69) is 9.72 Å². The summed E-state index contributed by atoms with van der Waals surface area (Å²) in [7, 11) is 0.882. The molecule has 0 amide bonds. The van der Waals surface area contributed by atoms with E-state index in [1.165, 1.54) is 0 Å². The Hall–Kier alpha value is -1.93. The molecule has 0 atom stereocenters. The zero-order chi connectivity index (χ0) is 14.8. The lowest BCUT2D eigenvalue weighted by Crippen LogP contribution is -2.17. The summed E-state index contributed by atoms with van der Waals surface area (Å²) in [6, 6.07) is 0. The Balaban J connectivity index is 3.55. The smallest absolute Gasteiger partial charge is 0.433 e. The summed E-state index contributed by atoms with van der Waals surface area (Å²) in [4.78, 5) is 13.4. The number of carboxylic acids is 1. The minimum atomic E-state index is -4.96. The Morgan fingerprint density at radius 1 is 1.47 bits per heavy atom. The molecule has 0 unspecified atom stereocenters. The zero-order valence-electron chi connectivity index (χ0n) is 9.46. The second-order valence-corrected chi connectivity index (χ2v) is 3.44. The van der Waals surface area contributed by atoms with Gasteiger partial charge in [-0.25, -0.2) is 8.78 Å². The molecule has 0 bridgehead atoms. The SMILES string of the molecule is COc1c(C(F)F)cnc(C(F)(F)F)c1CC(=O)O. The van der Waals surface area contributed by atoms with Crippen molar-refractivity contribution >= 4 is 5.97 Å². The Morgan fingerprint density at radius 3 is 2.42 bits per heavy atom. The van der Waals surface area contributed by atoms with Crippen LogP contribution in [-0.4, -0.2) is 23.2 Å². The van der Waals surface area contributed by atoms with E-state index in [1.54, 1.807) is 0 Å². The fourth-order valence-electron chi connectivity index (χ4n) is 1.51. The molecular formula is C10H8F5NO3. The van der Waals surface area contributed by atoms with Crippen molar-refractivity contribution in [3.8, 4) is 5.75 Å². The molecule has 0 aliphatic carbocycles. The molecule has 1 aromatic rings. The number of methoxy groups -OCH3 is 1. The van der Waals surface area contributed by atoms with Crippen LogP contribution in [0.4, 0.5) is 22.0 Å². The van der Waals surface area contributed by atoms with Crippen molar-refractivity contribution in [3.05, 3.63) is 23.0 Å². The molecule has 0 aliphatic rings. The molecule has 1 rings (SSSR count). The van der Waals surface area contributed by atoms with Crippen molar-refractivity contribution in [2.45, 2.75) is 19.0 Å². The van der Waals surface area contributed by atoms with Crippen LogP contribution in [0.2, 0.25) is 0 Å².